The van der Waals surface area contributed by atoms with Crippen LogP contribution in [0.15, 0.2) is 30.6 Å². The number of nitrogens with zero attached hydrogens (tertiary/aromatic N) is 2. The first-order chi connectivity index (χ1) is 9.08. The van der Waals surface area contributed by atoms with E-state index in [0.29, 0.717) is 0 Å². The van der Waals surface area contributed by atoms with Crippen LogP contribution in [0, 0.1) is 11.6 Å². The summed E-state index contributed by atoms with van der Waals surface area (Å²) >= 11 is 0. The van der Waals surface area contributed by atoms with Gasteiger partial charge in [0.15, 0.2) is 0 Å². The number of aryl methyl sites for hydroxylation is 1. The SMILES string of the molecule is CCn1cc(CC(=O)Cc2ccc(F)cc2F)cn1. The lowest BCUT2D eigenvalue weighted by molar-refractivity contribution is -0.117. The number of carbonyl (C=O) groups is 1. The number of halogens is 2. The van der Waals surface area contributed by atoms with Crippen LogP contribution in [0.4, 0.5) is 8.78 Å². The molecule has 0 atom stereocenters. The number of rotatable bonds is 5. The van der Waals surface area contributed by atoms with Gasteiger partial charge in [0, 0.05) is 31.6 Å². The lowest BCUT2D eigenvalue weighted by atomic mass is 10.0. The Morgan fingerprint density at radius 1 is 1.32 bits per heavy atom. The van der Waals surface area contributed by atoms with E-state index in [1.54, 1.807) is 17.1 Å². The average molecular weight is 264 g/mol. The molecule has 0 aliphatic heterocycles. The fourth-order valence-electron chi connectivity index (χ4n) is 1.84. The maximum atomic E-state index is 13.4. The van der Waals surface area contributed by atoms with Gasteiger partial charge in [0.25, 0.3) is 0 Å². The van der Waals surface area contributed by atoms with Crippen molar-refractivity contribution in [2.24, 2.45) is 0 Å². The van der Waals surface area contributed by atoms with Crippen molar-refractivity contribution < 1.29 is 13.6 Å². The summed E-state index contributed by atoms with van der Waals surface area (Å²) in [6, 6.07) is 3.25. The van der Waals surface area contributed by atoms with Gasteiger partial charge in [-0.2, -0.15) is 5.10 Å². The van der Waals surface area contributed by atoms with Crippen LogP contribution in [-0.4, -0.2) is 15.6 Å². The van der Waals surface area contributed by atoms with Crippen LogP contribution in [0.5, 0.6) is 0 Å². The number of Topliss-reactive ketones (excluding diaryl/α,β-unsaturated/α-hetero) is 1. The van der Waals surface area contributed by atoms with E-state index in [1.807, 2.05) is 6.92 Å². The summed E-state index contributed by atoms with van der Waals surface area (Å²) in [5.74, 6) is -1.45. The molecule has 0 amide bonds. The highest BCUT2D eigenvalue weighted by Crippen LogP contribution is 2.11. The summed E-state index contributed by atoms with van der Waals surface area (Å²) < 4.78 is 27.9. The quantitative estimate of drug-likeness (QED) is 0.831. The van der Waals surface area contributed by atoms with E-state index < -0.39 is 11.6 Å². The molecule has 0 N–H and O–H groups in total. The molecule has 0 aliphatic rings. The molecule has 0 saturated heterocycles. The highest BCUT2D eigenvalue weighted by molar-refractivity contribution is 5.83. The molecule has 0 bridgehead atoms. The second-order valence-corrected chi connectivity index (χ2v) is 4.33. The van der Waals surface area contributed by atoms with Gasteiger partial charge >= 0.3 is 0 Å². The van der Waals surface area contributed by atoms with Gasteiger partial charge in [0.1, 0.15) is 17.4 Å². The predicted octanol–water partition coefficient (Wildman–Crippen LogP) is 2.54. The normalized spacial score (nSPS) is 10.7. The largest absolute Gasteiger partial charge is 0.299 e. The van der Waals surface area contributed by atoms with Crippen molar-refractivity contribution in [3.8, 4) is 0 Å². The summed E-state index contributed by atoms with van der Waals surface area (Å²) in [7, 11) is 0. The Kier molecular flexibility index (Phi) is 4.04. The number of hydrogen-bond acceptors (Lipinski definition) is 2. The third kappa shape index (κ3) is 3.47. The molecule has 0 radical (unpaired) electrons. The second kappa shape index (κ2) is 5.73. The topological polar surface area (TPSA) is 34.9 Å². The number of carbonyl (C=O) groups excluding carboxylic acids is 1. The van der Waals surface area contributed by atoms with Gasteiger partial charge in [0.2, 0.25) is 0 Å². The Morgan fingerprint density at radius 2 is 2.11 bits per heavy atom. The van der Waals surface area contributed by atoms with Crippen molar-refractivity contribution in [1.29, 1.82) is 0 Å². The zero-order valence-electron chi connectivity index (χ0n) is 10.6. The molecule has 2 aromatic rings. The van der Waals surface area contributed by atoms with Crippen molar-refractivity contribution in [2.75, 3.05) is 0 Å². The van der Waals surface area contributed by atoms with Gasteiger partial charge < -0.3 is 0 Å². The smallest absolute Gasteiger partial charge is 0.141 e. The third-order valence-electron chi connectivity index (χ3n) is 2.81. The summed E-state index contributed by atoms with van der Waals surface area (Å²) in [6.07, 6.45) is 3.58. The fraction of sp³-hybridized carbons (Fsp3) is 0.286. The van der Waals surface area contributed by atoms with E-state index >= 15 is 0 Å². The zero-order chi connectivity index (χ0) is 13.8. The number of hydrogen-bond donors (Lipinski definition) is 0. The van der Waals surface area contributed by atoms with Crippen LogP contribution >= 0.6 is 0 Å². The first kappa shape index (κ1) is 13.4. The van der Waals surface area contributed by atoms with E-state index in [0.717, 1.165) is 24.2 Å². The molecule has 3 nitrogen and oxygen atoms in total. The van der Waals surface area contributed by atoms with Crippen LogP contribution in [0.25, 0.3) is 0 Å². The standard InChI is InChI=1S/C14H14F2N2O/c1-2-18-9-10(8-17-18)5-13(19)6-11-3-4-12(15)7-14(11)16/h3-4,7-9H,2,5-6H2,1H3. The lowest BCUT2D eigenvalue weighted by Crippen LogP contribution is -2.07. The van der Waals surface area contributed by atoms with Crippen molar-refractivity contribution in [2.45, 2.75) is 26.3 Å². The molecular weight excluding hydrogens is 250 g/mol. The number of aromatic nitrogens is 2. The Morgan fingerprint density at radius 3 is 2.74 bits per heavy atom. The average Bonchev–Trinajstić information content (AvgIpc) is 2.80. The summed E-state index contributed by atoms with van der Waals surface area (Å²) in [4.78, 5) is 11.8. The van der Waals surface area contributed by atoms with E-state index in [1.165, 1.54) is 6.07 Å². The summed E-state index contributed by atoms with van der Waals surface area (Å²) in [5.41, 5.74) is 1.02. The minimum atomic E-state index is -0.683. The molecule has 1 heterocycles. The predicted molar refractivity (Wildman–Crippen MR) is 66.7 cm³/mol. The molecule has 5 heteroatoms. The highest BCUT2D eigenvalue weighted by atomic mass is 19.1. The van der Waals surface area contributed by atoms with Crippen LogP contribution in [0.3, 0.4) is 0 Å². The molecule has 19 heavy (non-hydrogen) atoms. The Balaban J connectivity index is 2.01. The van der Waals surface area contributed by atoms with Gasteiger partial charge in [-0.1, -0.05) is 6.07 Å². The summed E-state index contributed by atoms with van der Waals surface area (Å²) in [6.45, 7) is 2.69. The number of ketones is 1. The van der Waals surface area contributed by atoms with Crippen LogP contribution < -0.4 is 0 Å². The number of benzene rings is 1. The minimum Gasteiger partial charge on any atom is -0.299 e. The van der Waals surface area contributed by atoms with Gasteiger partial charge in [-0.05, 0) is 24.1 Å². The summed E-state index contributed by atoms with van der Waals surface area (Å²) in [5, 5.41) is 4.06. The zero-order valence-corrected chi connectivity index (χ0v) is 10.6. The van der Waals surface area contributed by atoms with Crippen molar-refractivity contribution in [3.63, 3.8) is 0 Å². The van der Waals surface area contributed by atoms with Crippen LogP contribution in [0.1, 0.15) is 18.1 Å². The lowest BCUT2D eigenvalue weighted by Gasteiger charge is -2.02. The van der Waals surface area contributed by atoms with E-state index in [9.17, 15) is 13.6 Å². The molecule has 2 rings (SSSR count). The van der Waals surface area contributed by atoms with Crippen LogP contribution in [-0.2, 0) is 24.2 Å². The second-order valence-electron chi connectivity index (χ2n) is 4.33. The monoisotopic (exact) mass is 264 g/mol. The Bertz CT molecular complexity index is 593. The van der Waals surface area contributed by atoms with E-state index in [-0.39, 0.29) is 24.2 Å². The maximum Gasteiger partial charge on any atom is 0.141 e. The first-order valence-corrected chi connectivity index (χ1v) is 6.05. The molecule has 1 aromatic heterocycles. The van der Waals surface area contributed by atoms with Gasteiger partial charge in [-0.3, -0.25) is 9.48 Å². The molecule has 1 aromatic carbocycles. The molecule has 0 aliphatic carbocycles. The van der Waals surface area contributed by atoms with Crippen molar-refractivity contribution >= 4 is 5.78 Å². The van der Waals surface area contributed by atoms with E-state index in [2.05, 4.69) is 5.10 Å². The van der Waals surface area contributed by atoms with Crippen molar-refractivity contribution in [1.82, 2.24) is 9.78 Å². The molecule has 0 unspecified atom stereocenters. The Labute approximate surface area is 109 Å². The van der Waals surface area contributed by atoms with Gasteiger partial charge in [-0.25, -0.2) is 8.78 Å². The van der Waals surface area contributed by atoms with Gasteiger partial charge in [-0.15, -0.1) is 0 Å². The molecular formula is C14H14F2N2O. The molecule has 0 saturated carbocycles. The highest BCUT2D eigenvalue weighted by Gasteiger charge is 2.11. The third-order valence-corrected chi connectivity index (χ3v) is 2.81. The Hall–Kier alpha value is -2.04. The minimum absolute atomic E-state index is 0.0383. The molecule has 0 spiro atoms. The maximum absolute atomic E-state index is 13.4. The molecule has 0 fully saturated rings. The van der Waals surface area contributed by atoms with Crippen molar-refractivity contribution in [3.05, 3.63) is 53.4 Å². The van der Waals surface area contributed by atoms with Crippen LogP contribution in [0.2, 0.25) is 0 Å². The first-order valence-electron chi connectivity index (χ1n) is 6.05. The van der Waals surface area contributed by atoms with Gasteiger partial charge in [0.05, 0.1) is 6.20 Å². The molecule has 100 valence electrons. The fourth-order valence-corrected chi connectivity index (χ4v) is 1.84. The van der Waals surface area contributed by atoms with E-state index in [4.69, 9.17) is 0 Å².